The summed E-state index contributed by atoms with van der Waals surface area (Å²) in [4.78, 5) is 11.8. The number of amides is 1. The zero-order valence-electron chi connectivity index (χ0n) is 12.8. The van der Waals surface area contributed by atoms with Gasteiger partial charge in [-0.1, -0.05) is 41.9 Å². The predicted molar refractivity (Wildman–Crippen MR) is 93.5 cm³/mol. The van der Waals surface area contributed by atoms with E-state index in [0.717, 1.165) is 11.6 Å². The molecule has 0 fully saturated rings. The molecule has 0 bridgehead atoms. The molecule has 0 aliphatic carbocycles. The van der Waals surface area contributed by atoms with Crippen LogP contribution in [0.15, 0.2) is 48.5 Å². The summed E-state index contributed by atoms with van der Waals surface area (Å²) in [6.45, 7) is 0. The molecule has 0 saturated carbocycles. The van der Waals surface area contributed by atoms with Gasteiger partial charge in [-0.2, -0.15) is 0 Å². The molecule has 24 heavy (non-hydrogen) atoms. The fourth-order valence-corrected chi connectivity index (χ4v) is 3.56. The molecule has 0 heterocycles. The molecule has 0 radical (unpaired) electrons. The maximum atomic E-state index is 13.5. The number of halogens is 2. The molecule has 0 aliphatic heterocycles. The lowest BCUT2D eigenvalue weighted by atomic mass is 10.1. The van der Waals surface area contributed by atoms with Crippen molar-refractivity contribution < 1.29 is 17.6 Å². The first-order chi connectivity index (χ1) is 11.4. The van der Waals surface area contributed by atoms with Crippen LogP contribution in [0.25, 0.3) is 0 Å². The number of carbonyl (C=O) groups excluding carboxylic acids is 1. The van der Waals surface area contributed by atoms with Crippen LogP contribution in [0.4, 0.5) is 10.1 Å². The SMILES string of the molecule is O=C(CS(=O)(=O)CCCc1ccccc1)Nc1cc(Cl)ccc1F. The monoisotopic (exact) mass is 369 g/mol. The molecule has 0 aliphatic rings. The number of rotatable bonds is 7. The first kappa shape index (κ1) is 18.4. The van der Waals surface area contributed by atoms with Crippen molar-refractivity contribution in [1.82, 2.24) is 0 Å². The molecule has 7 heteroatoms. The molecule has 0 unspecified atom stereocenters. The number of benzene rings is 2. The third-order valence-electron chi connectivity index (χ3n) is 3.32. The van der Waals surface area contributed by atoms with E-state index in [1.54, 1.807) is 0 Å². The minimum atomic E-state index is -3.56. The van der Waals surface area contributed by atoms with Crippen molar-refractivity contribution >= 4 is 33.0 Å². The van der Waals surface area contributed by atoms with Crippen molar-refractivity contribution in [3.8, 4) is 0 Å². The zero-order chi connectivity index (χ0) is 17.6. The van der Waals surface area contributed by atoms with E-state index in [1.165, 1.54) is 12.1 Å². The molecule has 0 saturated heterocycles. The number of hydrogen-bond donors (Lipinski definition) is 1. The number of anilines is 1. The topological polar surface area (TPSA) is 63.2 Å². The quantitative estimate of drug-likeness (QED) is 0.812. The van der Waals surface area contributed by atoms with Crippen LogP contribution >= 0.6 is 11.6 Å². The lowest BCUT2D eigenvalue weighted by molar-refractivity contribution is -0.113. The van der Waals surface area contributed by atoms with Crippen molar-refractivity contribution in [3.05, 3.63) is 64.9 Å². The Morgan fingerprint density at radius 2 is 1.83 bits per heavy atom. The second kappa shape index (κ2) is 8.26. The molecule has 2 aromatic rings. The average molecular weight is 370 g/mol. The first-order valence-electron chi connectivity index (χ1n) is 7.35. The third-order valence-corrected chi connectivity index (χ3v) is 5.16. The Morgan fingerprint density at radius 1 is 1.12 bits per heavy atom. The number of carbonyl (C=O) groups is 1. The van der Waals surface area contributed by atoms with Gasteiger partial charge in [0.05, 0.1) is 11.4 Å². The fraction of sp³-hybridized carbons (Fsp3) is 0.235. The molecule has 4 nitrogen and oxygen atoms in total. The van der Waals surface area contributed by atoms with Gasteiger partial charge < -0.3 is 5.32 Å². The van der Waals surface area contributed by atoms with Gasteiger partial charge in [0.2, 0.25) is 5.91 Å². The van der Waals surface area contributed by atoms with Crippen molar-refractivity contribution in [2.24, 2.45) is 0 Å². The van der Waals surface area contributed by atoms with Crippen LogP contribution in [0.3, 0.4) is 0 Å². The van der Waals surface area contributed by atoms with Gasteiger partial charge >= 0.3 is 0 Å². The zero-order valence-corrected chi connectivity index (χ0v) is 14.4. The van der Waals surface area contributed by atoms with E-state index in [4.69, 9.17) is 11.6 Å². The van der Waals surface area contributed by atoms with Crippen molar-refractivity contribution in [2.75, 3.05) is 16.8 Å². The second-order valence-corrected chi connectivity index (χ2v) is 7.97. The lowest BCUT2D eigenvalue weighted by Gasteiger charge is -2.08. The largest absolute Gasteiger partial charge is 0.323 e. The molecule has 0 atom stereocenters. The third kappa shape index (κ3) is 5.94. The predicted octanol–water partition coefficient (Wildman–Crippen LogP) is 3.47. The van der Waals surface area contributed by atoms with E-state index in [2.05, 4.69) is 5.32 Å². The molecule has 128 valence electrons. The minimum absolute atomic E-state index is 0.104. The Morgan fingerprint density at radius 3 is 2.54 bits per heavy atom. The highest BCUT2D eigenvalue weighted by atomic mass is 35.5. The summed E-state index contributed by atoms with van der Waals surface area (Å²) in [6.07, 6.45) is 1.04. The van der Waals surface area contributed by atoms with Crippen molar-refractivity contribution in [2.45, 2.75) is 12.8 Å². The highest BCUT2D eigenvalue weighted by molar-refractivity contribution is 7.92. The molecule has 2 rings (SSSR count). The van der Waals surface area contributed by atoms with Crippen LogP contribution in [0.5, 0.6) is 0 Å². The first-order valence-corrected chi connectivity index (χ1v) is 9.55. The Hall–Kier alpha value is -1.92. The van der Waals surface area contributed by atoms with Gasteiger partial charge in [-0.25, -0.2) is 12.8 Å². The van der Waals surface area contributed by atoms with Crippen LogP contribution in [0.2, 0.25) is 5.02 Å². The van der Waals surface area contributed by atoms with E-state index in [9.17, 15) is 17.6 Å². The summed E-state index contributed by atoms with van der Waals surface area (Å²) in [7, 11) is -3.56. The van der Waals surface area contributed by atoms with E-state index in [0.29, 0.717) is 12.8 Å². The van der Waals surface area contributed by atoms with Gasteiger partial charge in [-0.15, -0.1) is 0 Å². The van der Waals surface area contributed by atoms with E-state index < -0.39 is 27.3 Å². The molecule has 1 amide bonds. The Bertz CT molecular complexity index is 810. The Kier molecular flexibility index (Phi) is 6.34. The molecule has 0 aromatic heterocycles. The molecule has 0 spiro atoms. The molecule has 1 N–H and O–H groups in total. The van der Waals surface area contributed by atoms with Gasteiger partial charge in [0, 0.05) is 5.02 Å². The minimum Gasteiger partial charge on any atom is -0.323 e. The number of hydrogen-bond acceptors (Lipinski definition) is 3. The second-order valence-electron chi connectivity index (χ2n) is 5.35. The smallest absolute Gasteiger partial charge is 0.239 e. The van der Waals surface area contributed by atoms with Gasteiger partial charge in [0.15, 0.2) is 9.84 Å². The highest BCUT2D eigenvalue weighted by Gasteiger charge is 2.17. The number of sulfone groups is 1. The van der Waals surface area contributed by atoms with Crippen molar-refractivity contribution in [1.29, 1.82) is 0 Å². The van der Waals surface area contributed by atoms with E-state index in [1.807, 2.05) is 30.3 Å². The Labute approximate surface area is 145 Å². The standard InChI is InChI=1S/C17H17ClFNO3S/c18-14-8-9-15(19)16(11-14)20-17(21)12-24(22,23)10-4-7-13-5-2-1-3-6-13/h1-3,5-6,8-9,11H,4,7,10,12H2,(H,20,21). The summed E-state index contributed by atoms with van der Waals surface area (Å²) in [6, 6.07) is 13.2. The van der Waals surface area contributed by atoms with Crippen LogP contribution in [0, 0.1) is 5.82 Å². The van der Waals surface area contributed by atoms with Crippen LogP contribution in [-0.2, 0) is 21.1 Å². The summed E-state index contributed by atoms with van der Waals surface area (Å²) >= 11 is 5.72. The summed E-state index contributed by atoms with van der Waals surface area (Å²) in [5.41, 5.74) is 0.908. The lowest BCUT2D eigenvalue weighted by Crippen LogP contribution is -2.25. The number of aryl methyl sites for hydroxylation is 1. The maximum Gasteiger partial charge on any atom is 0.239 e. The van der Waals surface area contributed by atoms with Crippen LogP contribution < -0.4 is 5.32 Å². The summed E-state index contributed by atoms with van der Waals surface area (Å²) < 4.78 is 37.5. The molecule has 2 aromatic carbocycles. The molecular formula is C17H17ClFNO3S. The van der Waals surface area contributed by atoms with Crippen LogP contribution in [0.1, 0.15) is 12.0 Å². The summed E-state index contributed by atoms with van der Waals surface area (Å²) in [5.74, 6) is -2.24. The van der Waals surface area contributed by atoms with E-state index >= 15 is 0 Å². The molecular weight excluding hydrogens is 353 g/mol. The van der Waals surface area contributed by atoms with Gasteiger partial charge in [0.25, 0.3) is 0 Å². The summed E-state index contributed by atoms with van der Waals surface area (Å²) in [5, 5.41) is 2.49. The maximum absolute atomic E-state index is 13.5. The number of nitrogens with one attached hydrogen (secondary N) is 1. The Balaban J connectivity index is 1.86. The van der Waals surface area contributed by atoms with Gasteiger partial charge in [0.1, 0.15) is 11.6 Å². The highest BCUT2D eigenvalue weighted by Crippen LogP contribution is 2.19. The van der Waals surface area contributed by atoms with Gasteiger partial charge in [-0.05, 0) is 36.6 Å². The normalized spacial score (nSPS) is 11.2. The fourth-order valence-electron chi connectivity index (χ4n) is 2.19. The van der Waals surface area contributed by atoms with Gasteiger partial charge in [-0.3, -0.25) is 4.79 Å². The van der Waals surface area contributed by atoms with E-state index in [-0.39, 0.29) is 16.5 Å². The van der Waals surface area contributed by atoms with Crippen LogP contribution in [-0.4, -0.2) is 25.8 Å². The average Bonchev–Trinajstić information content (AvgIpc) is 2.51. The van der Waals surface area contributed by atoms with Crippen molar-refractivity contribution in [3.63, 3.8) is 0 Å².